The topological polar surface area (TPSA) is 96.2 Å². The highest BCUT2D eigenvalue weighted by Gasteiger charge is 2.59. The molecule has 0 aromatic rings. The van der Waals surface area contributed by atoms with E-state index in [4.69, 9.17) is 14.6 Å². The Hall–Kier alpha value is -0.530. The maximum Gasteiger partial charge on any atom is 0.226 e. The molecule has 6 nitrogen and oxygen atoms in total. The lowest BCUT2D eigenvalue weighted by molar-refractivity contribution is -0.262. The van der Waals surface area contributed by atoms with Gasteiger partial charge in [-0.05, 0) is 0 Å². The molecule has 2 heterocycles. The molecule has 6 heteroatoms. The van der Waals surface area contributed by atoms with Crippen molar-refractivity contribution >= 4 is 5.78 Å². The molecular formula is C7H10O6. The van der Waals surface area contributed by atoms with Gasteiger partial charge in [-0.2, -0.15) is 0 Å². The number of hydrogen-bond donors (Lipinski definition) is 3. The van der Waals surface area contributed by atoms with Crippen LogP contribution in [0, 0.1) is 0 Å². The van der Waals surface area contributed by atoms with E-state index in [0.29, 0.717) is 0 Å². The molecule has 2 rings (SSSR count). The van der Waals surface area contributed by atoms with Crippen molar-refractivity contribution in [3.63, 3.8) is 0 Å². The maximum atomic E-state index is 11.2. The minimum absolute atomic E-state index is 0.00449. The summed E-state index contributed by atoms with van der Waals surface area (Å²) in [5, 5.41) is 27.5. The van der Waals surface area contributed by atoms with Gasteiger partial charge in [0, 0.05) is 0 Å². The monoisotopic (exact) mass is 190 g/mol. The van der Waals surface area contributed by atoms with E-state index in [2.05, 4.69) is 0 Å². The van der Waals surface area contributed by atoms with Crippen LogP contribution in [0.15, 0.2) is 0 Å². The summed E-state index contributed by atoms with van der Waals surface area (Å²) in [7, 11) is 0. The summed E-state index contributed by atoms with van der Waals surface area (Å²) >= 11 is 0. The summed E-state index contributed by atoms with van der Waals surface area (Å²) in [6.07, 6.45) is -3.76. The fraction of sp³-hybridized carbons (Fsp3) is 0.857. The average molecular weight is 190 g/mol. The van der Waals surface area contributed by atoms with E-state index < -0.39 is 36.5 Å². The molecule has 0 aromatic heterocycles. The highest BCUT2D eigenvalue weighted by Crippen LogP contribution is 2.34. The van der Waals surface area contributed by atoms with E-state index >= 15 is 0 Å². The molecule has 2 saturated heterocycles. The fourth-order valence-electron chi connectivity index (χ4n) is 1.58. The quantitative estimate of drug-likeness (QED) is 0.419. The van der Waals surface area contributed by atoms with Crippen LogP contribution in [-0.2, 0) is 14.3 Å². The van der Waals surface area contributed by atoms with Gasteiger partial charge in [-0.1, -0.05) is 0 Å². The Morgan fingerprint density at radius 2 is 2.23 bits per heavy atom. The van der Waals surface area contributed by atoms with Gasteiger partial charge >= 0.3 is 0 Å². The minimum Gasteiger partial charge on any atom is -0.391 e. The second-order valence-corrected chi connectivity index (χ2v) is 3.19. The number of Topliss-reactive ketones (excluding diaryl/α,β-unsaturated/α-hetero) is 1. The van der Waals surface area contributed by atoms with Crippen LogP contribution in [0.1, 0.15) is 0 Å². The molecule has 2 aliphatic rings. The Labute approximate surface area is 73.7 Å². The number of carbonyl (C=O) groups excluding carboxylic acids is 1. The number of ketones is 1. The highest BCUT2D eigenvalue weighted by atomic mass is 16.8. The Morgan fingerprint density at radius 1 is 1.54 bits per heavy atom. The van der Waals surface area contributed by atoms with Crippen LogP contribution in [0.25, 0.3) is 0 Å². The van der Waals surface area contributed by atoms with Crippen molar-refractivity contribution in [2.45, 2.75) is 24.1 Å². The molecule has 0 aliphatic carbocycles. The summed E-state index contributed by atoms with van der Waals surface area (Å²) < 4.78 is 10.00. The van der Waals surface area contributed by atoms with Crippen LogP contribution in [-0.4, -0.2) is 58.4 Å². The average Bonchev–Trinajstić information content (AvgIpc) is 2.55. The SMILES string of the molecule is O=C1[C@@H](O)[C@H]2CO[C@](CO)(O2)[C@H]1O. The standard InChI is InChI=1S/C7H10O6/c8-2-7-6(11)5(10)4(9)3(13-7)1-12-7/h3-4,6,8-9,11H,1-2H2/t3-,4+,6+,7-/m1/s1. The third-order valence-electron chi connectivity index (χ3n) is 2.39. The molecular weight excluding hydrogens is 180 g/mol. The number of rotatable bonds is 1. The predicted octanol–water partition coefficient (Wildman–Crippen LogP) is -2.61. The van der Waals surface area contributed by atoms with Gasteiger partial charge in [0.05, 0.1) is 6.61 Å². The van der Waals surface area contributed by atoms with E-state index in [1.54, 1.807) is 0 Å². The van der Waals surface area contributed by atoms with Gasteiger partial charge in [0.2, 0.25) is 5.79 Å². The van der Waals surface area contributed by atoms with E-state index in [0.717, 1.165) is 0 Å². The largest absolute Gasteiger partial charge is 0.391 e. The molecule has 0 radical (unpaired) electrons. The molecule has 13 heavy (non-hydrogen) atoms. The zero-order chi connectivity index (χ0) is 9.64. The van der Waals surface area contributed by atoms with E-state index in [1.807, 2.05) is 0 Å². The van der Waals surface area contributed by atoms with Gasteiger partial charge < -0.3 is 24.8 Å². The second kappa shape index (κ2) is 2.73. The normalized spacial score (nSPS) is 49.8. The van der Waals surface area contributed by atoms with E-state index in [9.17, 15) is 15.0 Å². The lowest BCUT2D eigenvalue weighted by Gasteiger charge is -2.35. The number of carbonyl (C=O) groups is 1. The predicted molar refractivity (Wildman–Crippen MR) is 37.7 cm³/mol. The molecule has 74 valence electrons. The van der Waals surface area contributed by atoms with Gasteiger partial charge in [-0.15, -0.1) is 0 Å². The third-order valence-corrected chi connectivity index (χ3v) is 2.39. The Kier molecular flexibility index (Phi) is 1.90. The molecule has 0 saturated carbocycles. The summed E-state index contributed by atoms with van der Waals surface area (Å²) in [5.41, 5.74) is 0. The molecule has 0 unspecified atom stereocenters. The first kappa shape index (κ1) is 9.04. The van der Waals surface area contributed by atoms with Gasteiger partial charge in [0.25, 0.3) is 0 Å². The lowest BCUT2D eigenvalue weighted by atomic mass is 9.97. The van der Waals surface area contributed by atoms with Crippen molar-refractivity contribution in [2.24, 2.45) is 0 Å². The number of aliphatic hydroxyl groups excluding tert-OH is 3. The van der Waals surface area contributed by atoms with Crippen LogP contribution >= 0.6 is 0 Å². The van der Waals surface area contributed by atoms with Crippen molar-refractivity contribution in [1.29, 1.82) is 0 Å². The Morgan fingerprint density at radius 3 is 2.85 bits per heavy atom. The zero-order valence-electron chi connectivity index (χ0n) is 6.71. The maximum absolute atomic E-state index is 11.2. The molecule has 0 spiro atoms. The molecule has 0 aromatic carbocycles. The van der Waals surface area contributed by atoms with Crippen molar-refractivity contribution < 1.29 is 29.6 Å². The van der Waals surface area contributed by atoms with Gasteiger partial charge in [-0.3, -0.25) is 4.79 Å². The summed E-state index contributed by atoms with van der Waals surface area (Å²) in [5.74, 6) is -2.41. The first-order chi connectivity index (χ1) is 6.10. The molecule has 2 aliphatic heterocycles. The van der Waals surface area contributed by atoms with E-state index in [-0.39, 0.29) is 6.61 Å². The van der Waals surface area contributed by atoms with Gasteiger partial charge in [0.15, 0.2) is 11.9 Å². The van der Waals surface area contributed by atoms with Crippen molar-refractivity contribution in [1.82, 2.24) is 0 Å². The molecule has 0 amide bonds. The minimum atomic E-state index is -1.65. The smallest absolute Gasteiger partial charge is 0.226 e. The second-order valence-electron chi connectivity index (χ2n) is 3.19. The van der Waals surface area contributed by atoms with Gasteiger partial charge in [-0.25, -0.2) is 0 Å². The third kappa shape index (κ3) is 1.04. The van der Waals surface area contributed by atoms with Crippen molar-refractivity contribution in [2.75, 3.05) is 13.2 Å². The highest BCUT2D eigenvalue weighted by molar-refractivity contribution is 5.89. The summed E-state index contributed by atoms with van der Waals surface area (Å²) in [4.78, 5) is 11.2. The molecule has 2 fully saturated rings. The summed E-state index contributed by atoms with van der Waals surface area (Å²) in [6.45, 7) is -0.604. The Bertz CT molecular complexity index is 241. The van der Waals surface area contributed by atoms with Crippen molar-refractivity contribution in [3.8, 4) is 0 Å². The molecule has 3 N–H and O–H groups in total. The number of aliphatic hydroxyl groups is 3. The molecule has 4 atom stereocenters. The van der Waals surface area contributed by atoms with Crippen LogP contribution in [0.5, 0.6) is 0 Å². The van der Waals surface area contributed by atoms with Crippen LogP contribution in [0.4, 0.5) is 0 Å². The Balaban J connectivity index is 2.31. The van der Waals surface area contributed by atoms with Crippen LogP contribution in [0.2, 0.25) is 0 Å². The van der Waals surface area contributed by atoms with Crippen molar-refractivity contribution in [3.05, 3.63) is 0 Å². The number of fused-ring (bicyclic) bond motifs is 2. The number of hydrogen-bond acceptors (Lipinski definition) is 6. The molecule has 2 bridgehead atoms. The van der Waals surface area contributed by atoms with Crippen LogP contribution in [0.3, 0.4) is 0 Å². The fourth-order valence-corrected chi connectivity index (χ4v) is 1.58. The first-order valence-corrected chi connectivity index (χ1v) is 3.93. The van der Waals surface area contributed by atoms with Crippen LogP contribution < -0.4 is 0 Å². The number of ether oxygens (including phenoxy) is 2. The first-order valence-electron chi connectivity index (χ1n) is 3.93. The summed E-state index contributed by atoms with van der Waals surface area (Å²) in [6, 6.07) is 0. The van der Waals surface area contributed by atoms with E-state index in [1.165, 1.54) is 0 Å². The van der Waals surface area contributed by atoms with Gasteiger partial charge in [0.1, 0.15) is 18.8 Å². The lowest BCUT2D eigenvalue weighted by Crippen LogP contribution is -2.59. The zero-order valence-corrected chi connectivity index (χ0v) is 6.71.